The van der Waals surface area contributed by atoms with Crippen LogP contribution >= 0.6 is 0 Å². The van der Waals surface area contributed by atoms with E-state index >= 15 is 0 Å². The molecule has 1 aliphatic heterocycles. The minimum atomic E-state index is -0.0632. The Hall–Kier alpha value is -1.64. The van der Waals surface area contributed by atoms with E-state index < -0.39 is 0 Å². The lowest BCUT2D eigenvalue weighted by atomic mass is 9.84. The molecule has 92 valence electrons. The van der Waals surface area contributed by atoms with E-state index in [1.54, 1.807) is 0 Å². The summed E-state index contributed by atoms with van der Waals surface area (Å²) in [5.41, 5.74) is 16.6. The lowest BCUT2D eigenvalue weighted by Gasteiger charge is -2.25. The summed E-state index contributed by atoms with van der Waals surface area (Å²) in [5, 5.41) is 0. The molecule has 0 unspecified atom stereocenters. The molecule has 3 heteroatoms. The Morgan fingerprint density at radius 1 is 1.24 bits per heavy atom. The molecule has 0 amide bonds. The second kappa shape index (κ2) is 3.69. The molecule has 0 aromatic heterocycles. The molecule has 1 aliphatic rings. The topological polar surface area (TPSA) is 55.3 Å². The first-order valence-corrected chi connectivity index (χ1v) is 6.06. The predicted molar refractivity (Wildman–Crippen MR) is 75.1 cm³/mol. The molecule has 2 rings (SSSR count). The van der Waals surface area contributed by atoms with Gasteiger partial charge in [0, 0.05) is 23.3 Å². The van der Waals surface area contributed by atoms with Crippen molar-refractivity contribution in [2.24, 2.45) is 0 Å². The summed E-state index contributed by atoms with van der Waals surface area (Å²) in [4.78, 5) is 2.26. The lowest BCUT2D eigenvalue weighted by Crippen LogP contribution is -2.25. The Kier molecular flexibility index (Phi) is 2.57. The molecule has 17 heavy (non-hydrogen) atoms. The quantitative estimate of drug-likeness (QED) is 0.769. The van der Waals surface area contributed by atoms with Gasteiger partial charge in [-0.2, -0.15) is 0 Å². The predicted octanol–water partition coefficient (Wildman–Crippen LogP) is 2.87. The third-order valence-electron chi connectivity index (χ3n) is 3.66. The molecule has 1 aromatic carbocycles. The van der Waals surface area contributed by atoms with Crippen molar-refractivity contribution in [2.75, 3.05) is 22.9 Å². The minimum absolute atomic E-state index is 0.0632. The summed E-state index contributed by atoms with van der Waals surface area (Å²) in [6.45, 7) is 11.7. The largest absolute Gasteiger partial charge is 0.397 e. The van der Waals surface area contributed by atoms with Crippen LogP contribution in [0.25, 0.3) is 0 Å². The number of benzene rings is 1. The average molecular weight is 231 g/mol. The van der Waals surface area contributed by atoms with E-state index in [4.69, 9.17) is 11.5 Å². The van der Waals surface area contributed by atoms with Crippen molar-refractivity contribution >= 4 is 17.1 Å². The van der Waals surface area contributed by atoms with E-state index in [2.05, 4.69) is 32.3 Å². The Labute approximate surface area is 103 Å². The maximum Gasteiger partial charge on any atom is 0.0568 e. The molecule has 0 saturated carbocycles. The van der Waals surface area contributed by atoms with Gasteiger partial charge in [-0.05, 0) is 24.1 Å². The summed E-state index contributed by atoms with van der Waals surface area (Å²) in [7, 11) is 0. The number of nitrogens with zero attached hydrogens (tertiary/aromatic N) is 1. The second-order valence-corrected chi connectivity index (χ2v) is 5.22. The second-order valence-electron chi connectivity index (χ2n) is 5.22. The third kappa shape index (κ3) is 1.57. The van der Waals surface area contributed by atoms with Crippen molar-refractivity contribution in [3.8, 4) is 0 Å². The van der Waals surface area contributed by atoms with Gasteiger partial charge in [0.15, 0.2) is 0 Å². The molecule has 0 atom stereocenters. The van der Waals surface area contributed by atoms with Gasteiger partial charge in [-0.25, -0.2) is 0 Å². The Balaban J connectivity index is 2.61. The van der Waals surface area contributed by atoms with E-state index in [9.17, 15) is 0 Å². The van der Waals surface area contributed by atoms with Crippen LogP contribution in [0.15, 0.2) is 24.4 Å². The zero-order valence-electron chi connectivity index (χ0n) is 10.9. The number of fused-ring (bicyclic) bond motifs is 1. The van der Waals surface area contributed by atoms with Crippen LogP contribution in [0.2, 0.25) is 0 Å². The van der Waals surface area contributed by atoms with Gasteiger partial charge in [0.05, 0.1) is 11.4 Å². The van der Waals surface area contributed by atoms with Crippen molar-refractivity contribution in [3.63, 3.8) is 0 Å². The fourth-order valence-electron chi connectivity index (χ4n) is 2.46. The fourth-order valence-corrected chi connectivity index (χ4v) is 2.46. The van der Waals surface area contributed by atoms with Gasteiger partial charge in [0.2, 0.25) is 0 Å². The molecular weight excluding hydrogens is 210 g/mol. The number of anilines is 3. The molecule has 0 fully saturated rings. The highest BCUT2D eigenvalue weighted by Crippen LogP contribution is 2.48. The van der Waals surface area contributed by atoms with Crippen molar-refractivity contribution < 1.29 is 0 Å². The van der Waals surface area contributed by atoms with Crippen LogP contribution in [-0.4, -0.2) is 6.54 Å². The van der Waals surface area contributed by atoms with E-state index in [1.807, 2.05) is 12.1 Å². The Bertz CT molecular complexity index is 475. The van der Waals surface area contributed by atoms with E-state index in [0.29, 0.717) is 11.4 Å². The van der Waals surface area contributed by atoms with E-state index in [-0.39, 0.29) is 5.41 Å². The van der Waals surface area contributed by atoms with Crippen LogP contribution in [0.3, 0.4) is 0 Å². The molecule has 4 N–H and O–H groups in total. The smallest absolute Gasteiger partial charge is 0.0568 e. The molecule has 0 bridgehead atoms. The number of hydrogen-bond acceptors (Lipinski definition) is 3. The van der Waals surface area contributed by atoms with E-state index in [1.165, 1.54) is 5.56 Å². The lowest BCUT2D eigenvalue weighted by molar-refractivity contribution is 0.632. The molecular formula is C14H21N3. The third-order valence-corrected chi connectivity index (χ3v) is 3.66. The normalized spacial score (nSPS) is 17.4. The highest BCUT2D eigenvalue weighted by atomic mass is 15.2. The fraction of sp³-hybridized carbons (Fsp3) is 0.429. The molecule has 0 aliphatic carbocycles. The summed E-state index contributed by atoms with van der Waals surface area (Å²) in [6.07, 6.45) is 1.08. The minimum Gasteiger partial charge on any atom is -0.397 e. The molecule has 0 spiro atoms. The van der Waals surface area contributed by atoms with Crippen molar-refractivity contribution in [2.45, 2.75) is 32.6 Å². The zero-order valence-corrected chi connectivity index (χ0v) is 10.9. The highest BCUT2D eigenvalue weighted by Gasteiger charge is 2.38. The number of hydrogen-bond donors (Lipinski definition) is 2. The summed E-state index contributed by atoms with van der Waals surface area (Å²) < 4.78 is 0. The number of nitrogens with two attached hydrogens (primary N) is 2. The van der Waals surface area contributed by atoms with Crippen LogP contribution < -0.4 is 16.4 Å². The van der Waals surface area contributed by atoms with Gasteiger partial charge in [-0.1, -0.05) is 27.4 Å². The van der Waals surface area contributed by atoms with Crippen molar-refractivity contribution in [1.82, 2.24) is 0 Å². The van der Waals surface area contributed by atoms with Gasteiger partial charge in [-0.15, -0.1) is 0 Å². The number of allylic oxidation sites excluding steroid dienone is 1. The summed E-state index contributed by atoms with van der Waals surface area (Å²) in [6, 6.07) is 3.96. The van der Waals surface area contributed by atoms with E-state index in [0.717, 1.165) is 24.4 Å². The molecule has 1 aromatic rings. The van der Waals surface area contributed by atoms with Crippen LogP contribution in [0.4, 0.5) is 17.1 Å². The van der Waals surface area contributed by atoms with Crippen LogP contribution in [0.1, 0.15) is 32.8 Å². The maximum atomic E-state index is 5.91. The standard InChI is InChI=1S/C14H21N3/c1-5-6-17-9(2)14(3,4)10-7-11(15)12(16)8-13(10)17/h7-8H,2,5-6,15-16H2,1,3-4H3. The molecule has 3 nitrogen and oxygen atoms in total. The molecule has 1 heterocycles. The van der Waals surface area contributed by atoms with Crippen LogP contribution in [0, 0.1) is 0 Å². The first-order valence-electron chi connectivity index (χ1n) is 6.06. The van der Waals surface area contributed by atoms with Crippen molar-refractivity contribution in [1.29, 1.82) is 0 Å². The number of nitrogen functional groups attached to an aromatic ring is 2. The highest BCUT2D eigenvalue weighted by molar-refractivity contribution is 5.80. The first-order chi connectivity index (χ1) is 7.89. The molecule has 0 radical (unpaired) electrons. The Morgan fingerprint density at radius 2 is 1.82 bits per heavy atom. The van der Waals surface area contributed by atoms with Gasteiger partial charge in [0.1, 0.15) is 0 Å². The van der Waals surface area contributed by atoms with Crippen LogP contribution in [0.5, 0.6) is 0 Å². The van der Waals surface area contributed by atoms with Gasteiger partial charge >= 0.3 is 0 Å². The monoisotopic (exact) mass is 231 g/mol. The summed E-state index contributed by atoms with van der Waals surface area (Å²) in [5.74, 6) is 0. The zero-order chi connectivity index (χ0) is 12.8. The van der Waals surface area contributed by atoms with Gasteiger partial charge < -0.3 is 16.4 Å². The van der Waals surface area contributed by atoms with Gasteiger partial charge in [0.25, 0.3) is 0 Å². The maximum absolute atomic E-state index is 5.91. The van der Waals surface area contributed by atoms with Gasteiger partial charge in [-0.3, -0.25) is 0 Å². The SMILES string of the molecule is C=C1N(CCC)c2cc(N)c(N)cc2C1(C)C. The first kappa shape index (κ1) is 11.8. The summed E-state index contributed by atoms with van der Waals surface area (Å²) >= 11 is 0. The van der Waals surface area contributed by atoms with Crippen molar-refractivity contribution in [3.05, 3.63) is 30.0 Å². The Morgan fingerprint density at radius 3 is 2.41 bits per heavy atom. The molecule has 0 saturated heterocycles. The number of rotatable bonds is 2. The average Bonchev–Trinajstić information content (AvgIpc) is 2.43. The van der Waals surface area contributed by atoms with Crippen LogP contribution in [-0.2, 0) is 5.41 Å².